The van der Waals surface area contributed by atoms with Crippen molar-refractivity contribution in [1.82, 2.24) is 0 Å². The first-order chi connectivity index (χ1) is 8.85. The number of hydrogen-bond acceptors (Lipinski definition) is 3. The molecule has 0 saturated carbocycles. The molecule has 0 unspecified atom stereocenters. The van der Waals surface area contributed by atoms with Crippen LogP contribution >= 0.6 is 0 Å². The fourth-order valence-corrected chi connectivity index (χ4v) is 1.88. The average Bonchev–Trinajstić information content (AvgIpc) is 2.27. The van der Waals surface area contributed by atoms with E-state index in [1.165, 1.54) is 12.1 Å². The molecule has 2 N–H and O–H groups in total. The summed E-state index contributed by atoms with van der Waals surface area (Å²) in [6, 6.07) is 4.47. The molecule has 1 aromatic rings. The molecule has 0 spiro atoms. The Morgan fingerprint density at radius 2 is 2.05 bits per heavy atom. The highest BCUT2D eigenvalue weighted by Crippen LogP contribution is 2.17. The molecule has 7 heteroatoms. The number of aryl methyl sites for hydroxylation is 1. The Morgan fingerprint density at radius 1 is 1.37 bits per heavy atom. The van der Waals surface area contributed by atoms with E-state index in [0.717, 1.165) is 0 Å². The van der Waals surface area contributed by atoms with Crippen molar-refractivity contribution in [2.75, 3.05) is 11.3 Å². The van der Waals surface area contributed by atoms with Gasteiger partial charge in [-0.15, -0.1) is 0 Å². The van der Waals surface area contributed by atoms with E-state index in [-0.39, 0.29) is 18.7 Å². The lowest BCUT2D eigenvalue weighted by atomic mass is 10.1. The highest BCUT2D eigenvalue weighted by molar-refractivity contribution is 7.93. The summed E-state index contributed by atoms with van der Waals surface area (Å²) in [6.07, 6.45) is 0.284. The Morgan fingerprint density at radius 3 is 2.63 bits per heavy atom. The highest BCUT2D eigenvalue weighted by Gasteiger charge is 2.23. The summed E-state index contributed by atoms with van der Waals surface area (Å²) in [5, 5.41) is 8.59. The lowest BCUT2D eigenvalue weighted by Gasteiger charge is -2.08. The van der Waals surface area contributed by atoms with E-state index in [0.29, 0.717) is 11.1 Å². The summed E-state index contributed by atoms with van der Waals surface area (Å²) in [4.78, 5) is 0. The Bertz CT molecular complexity index is 603. The van der Waals surface area contributed by atoms with Gasteiger partial charge < -0.3 is 5.11 Å². The zero-order chi connectivity index (χ0) is 14.5. The monoisotopic (exact) mass is 289 g/mol. The van der Waals surface area contributed by atoms with E-state index in [2.05, 4.69) is 11.8 Å². The van der Waals surface area contributed by atoms with Gasteiger partial charge in [0.1, 0.15) is 0 Å². The Labute approximate surface area is 110 Å². The molecule has 0 amide bonds. The summed E-state index contributed by atoms with van der Waals surface area (Å²) in [6.45, 7) is 1.61. The second-order valence-electron chi connectivity index (χ2n) is 3.77. The Hall–Kier alpha value is -1.65. The van der Waals surface area contributed by atoms with Crippen LogP contribution in [0.5, 0.6) is 0 Å². The van der Waals surface area contributed by atoms with Crippen LogP contribution in [0.3, 0.4) is 0 Å². The fourth-order valence-electron chi connectivity index (χ4n) is 1.34. The van der Waals surface area contributed by atoms with Gasteiger partial charge in [-0.3, -0.25) is 4.72 Å². The third kappa shape index (κ3) is 4.85. The van der Waals surface area contributed by atoms with Crippen LogP contribution in [0.1, 0.15) is 17.5 Å². The van der Waals surface area contributed by atoms with Gasteiger partial charge in [-0.05, 0) is 30.7 Å². The van der Waals surface area contributed by atoms with Crippen molar-refractivity contribution in [3.63, 3.8) is 0 Å². The minimum Gasteiger partial charge on any atom is -0.395 e. The molecule has 0 radical (unpaired) electrons. The lowest BCUT2D eigenvalue weighted by Crippen LogP contribution is -2.20. The smallest absolute Gasteiger partial charge is 0.355 e. The van der Waals surface area contributed by atoms with Gasteiger partial charge in [-0.25, -0.2) is 8.42 Å². The maximum Gasteiger partial charge on any atom is 0.355 e. The summed E-state index contributed by atoms with van der Waals surface area (Å²) < 4.78 is 48.4. The molecule has 19 heavy (non-hydrogen) atoms. The lowest BCUT2D eigenvalue weighted by molar-refractivity contribution is 0.236. The van der Waals surface area contributed by atoms with E-state index in [9.17, 15) is 17.2 Å². The largest absolute Gasteiger partial charge is 0.395 e. The van der Waals surface area contributed by atoms with Crippen molar-refractivity contribution < 1.29 is 22.3 Å². The van der Waals surface area contributed by atoms with Gasteiger partial charge in [-0.1, -0.05) is 11.8 Å². The van der Waals surface area contributed by atoms with E-state index in [1.807, 2.05) is 0 Å². The van der Waals surface area contributed by atoms with Crippen LogP contribution in [0.25, 0.3) is 0 Å². The molecule has 0 fully saturated rings. The maximum absolute atomic E-state index is 12.2. The molecule has 1 aromatic carbocycles. The predicted octanol–water partition coefficient (Wildman–Crippen LogP) is 1.69. The fraction of sp³-hybridized carbons (Fsp3) is 0.333. The predicted molar refractivity (Wildman–Crippen MR) is 68.3 cm³/mol. The topological polar surface area (TPSA) is 66.4 Å². The number of aliphatic hydroxyl groups is 1. The van der Waals surface area contributed by atoms with Crippen LogP contribution in [-0.4, -0.2) is 25.9 Å². The molecular formula is C12H13F2NO3S. The molecule has 0 aliphatic heterocycles. The van der Waals surface area contributed by atoms with Crippen molar-refractivity contribution >= 4 is 15.7 Å². The van der Waals surface area contributed by atoms with Crippen LogP contribution in [0, 0.1) is 18.8 Å². The van der Waals surface area contributed by atoms with Crippen molar-refractivity contribution in [2.45, 2.75) is 19.1 Å². The van der Waals surface area contributed by atoms with Crippen LogP contribution < -0.4 is 4.72 Å². The van der Waals surface area contributed by atoms with E-state index in [1.54, 1.807) is 17.7 Å². The number of anilines is 1. The standard InChI is InChI=1S/C12H13F2NO3S/c1-9-6-10(4-2-3-5-16)8-11(7-9)15-19(17,18)12(13)14/h6-8,12,15-16H,3,5H2,1H3. The molecule has 0 heterocycles. The third-order valence-electron chi connectivity index (χ3n) is 2.04. The molecule has 0 atom stereocenters. The van der Waals surface area contributed by atoms with Crippen molar-refractivity contribution in [3.05, 3.63) is 29.3 Å². The number of sulfonamides is 1. The number of nitrogens with one attached hydrogen (secondary N) is 1. The zero-order valence-electron chi connectivity index (χ0n) is 10.2. The van der Waals surface area contributed by atoms with Gasteiger partial charge in [0.2, 0.25) is 0 Å². The normalized spacial score (nSPS) is 11.0. The SMILES string of the molecule is Cc1cc(C#CCCO)cc(NS(=O)(=O)C(F)F)c1. The van der Waals surface area contributed by atoms with Crippen molar-refractivity contribution in [2.24, 2.45) is 0 Å². The molecule has 0 saturated heterocycles. The van der Waals surface area contributed by atoms with Gasteiger partial charge in [-0.2, -0.15) is 8.78 Å². The average molecular weight is 289 g/mol. The Balaban J connectivity index is 3.02. The molecule has 0 bridgehead atoms. The number of aliphatic hydroxyl groups excluding tert-OH is 1. The van der Waals surface area contributed by atoms with Gasteiger partial charge in [0.05, 0.1) is 12.3 Å². The van der Waals surface area contributed by atoms with Gasteiger partial charge in [0, 0.05) is 12.0 Å². The van der Waals surface area contributed by atoms with Gasteiger partial charge >= 0.3 is 5.76 Å². The van der Waals surface area contributed by atoms with Gasteiger partial charge in [0.25, 0.3) is 10.0 Å². The molecule has 0 aromatic heterocycles. The molecule has 104 valence electrons. The number of alkyl halides is 2. The minimum atomic E-state index is -4.68. The molecule has 4 nitrogen and oxygen atoms in total. The summed E-state index contributed by atoms with van der Waals surface area (Å²) in [5.41, 5.74) is 1.21. The first-order valence-corrected chi connectivity index (χ1v) is 6.91. The first-order valence-electron chi connectivity index (χ1n) is 5.36. The second kappa shape index (κ2) is 6.50. The molecule has 0 aliphatic rings. The third-order valence-corrected chi connectivity index (χ3v) is 3.03. The Kier molecular flexibility index (Phi) is 5.27. The zero-order valence-corrected chi connectivity index (χ0v) is 11.0. The minimum absolute atomic E-state index is 0.0357. The number of halogens is 2. The summed E-state index contributed by atoms with van der Waals surface area (Å²) >= 11 is 0. The van der Waals surface area contributed by atoms with E-state index >= 15 is 0 Å². The first kappa shape index (κ1) is 15.4. The van der Waals surface area contributed by atoms with Crippen LogP contribution in [0.15, 0.2) is 18.2 Å². The molecule has 0 aliphatic carbocycles. The quantitative estimate of drug-likeness (QED) is 0.829. The highest BCUT2D eigenvalue weighted by atomic mass is 32.2. The number of rotatable bonds is 4. The van der Waals surface area contributed by atoms with E-state index < -0.39 is 15.8 Å². The summed E-state index contributed by atoms with van der Waals surface area (Å²) in [7, 11) is -4.68. The maximum atomic E-state index is 12.2. The van der Waals surface area contributed by atoms with Gasteiger partial charge in [0.15, 0.2) is 0 Å². The molecular weight excluding hydrogens is 276 g/mol. The molecule has 1 rings (SSSR count). The van der Waals surface area contributed by atoms with Crippen molar-refractivity contribution in [1.29, 1.82) is 0 Å². The number of hydrogen-bond donors (Lipinski definition) is 2. The van der Waals surface area contributed by atoms with E-state index in [4.69, 9.17) is 5.11 Å². The van der Waals surface area contributed by atoms with Crippen LogP contribution in [0.4, 0.5) is 14.5 Å². The van der Waals surface area contributed by atoms with Crippen LogP contribution in [-0.2, 0) is 10.0 Å². The van der Waals surface area contributed by atoms with Crippen molar-refractivity contribution in [3.8, 4) is 11.8 Å². The second-order valence-corrected chi connectivity index (χ2v) is 5.42. The summed E-state index contributed by atoms with van der Waals surface area (Å²) in [5.74, 6) is 1.89. The number of benzene rings is 1. The van der Waals surface area contributed by atoms with Crippen LogP contribution in [0.2, 0.25) is 0 Å².